The zero-order valence-electron chi connectivity index (χ0n) is 23.8. The lowest BCUT2D eigenvalue weighted by atomic mass is 10.1. The van der Waals surface area contributed by atoms with Crippen LogP contribution in [0.15, 0.2) is 71.6 Å². The van der Waals surface area contributed by atoms with E-state index >= 15 is 0 Å². The molecule has 0 bridgehead atoms. The Morgan fingerprint density at radius 1 is 1.11 bits per heavy atom. The number of benzene rings is 3. The molecule has 1 aliphatic carbocycles. The number of ether oxygens (including phenoxy) is 2. The Morgan fingerprint density at radius 3 is 2.44 bits per heavy atom. The molecule has 2 N–H and O–H groups in total. The topological polar surface area (TPSA) is 155 Å². The van der Waals surface area contributed by atoms with Crippen molar-refractivity contribution >= 4 is 21.6 Å². The number of carbonyl (C=O) groups excluding carboxylic acids is 1. The van der Waals surface area contributed by atoms with Gasteiger partial charge in [0, 0.05) is 30.3 Å². The minimum absolute atomic E-state index is 0.0823. The van der Waals surface area contributed by atoms with Crippen LogP contribution < -0.4 is 19.5 Å². The number of aromatic nitrogens is 2. The molecule has 0 atom stereocenters. The Balaban J connectivity index is 1.53. The van der Waals surface area contributed by atoms with Gasteiger partial charge in [0.05, 0.1) is 23.3 Å². The van der Waals surface area contributed by atoms with Crippen molar-refractivity contribution in [2.24, 2.45) is 0 Å². The van der Waals surface area contributed by atoms with Gasteiger partial charge in [-0.05, 0) is 67.8 Å². The maximum absolute atomic E-state index is 13.3. The second-order valence-electron chi connectivity index (χ2n) is 10.2. The lowest BCUT2D eigenvalue weighted by Gasteiger charge is -2.14. The third-order valence-corrected chi connectivity index (χ3v) is 8.38. The number of halogens is 3. The summed E-state index contributed by atoms with van der Waals surface area (Å²) in [5, 5.41) is 18.4. The smallest absolute Gasteiger partial charge is 0.416 e. The molecule has 1 aromatic heterocycles. The highest BCUT2D eigenvalue weighted by Gasteiger charge is 2.33. The SMILES string of the molecule is COc1ccc(-n2nc(C(=O)NCc3cccc(C(F)(F)F)c3)c(C)c2Oc2ccc([N+](=O)[O-])cc2S(=O)(=O)NC2CC2)cc1. The summed E-state index contributed by atoms with van der Waals surface area (Å²) in [6, 6.07) is 13.7. The number of methoxy groups -OCH3 is 1. The van der Waals surface area contributed by atoms with E-state index in [1.807, 2.05) is 0 Å². The Bertz CT molecular complexity index is 1870. The van der Waals surface area contributed by atoms with Crippen LogP contribution in [-0.2, 0) is 22.7 Å². The first-order valence-electron chi connectivity index (χ1n) is 13.4. The highest BCUT2D eigenvalue weighted by Crippen LogP contribution is 2.37. The summed E-state index contributed by atoms with van der Waals surface area (Å²) in [5.41, 5.74) is -0.762. The average Bonchev–Trinajstić information content (AvgIpc) is 3.76. The molecule has 5 rings (SSSR count). The highest BCUT2D eigenvalue weighted by molar-refractivity contribution is 7.89. The van der Waals surface area contributed by atoms with E-state index in [0.717, 1.165) is 30.3 Å². The first-order chi connectivity index (χ1) is 21.3. The summed E-state index contributed by atoms with van der Waals surface area (Å²) in [4.78, 5) is 23.5. The van der Waals surface area contributed by atoms with Crippen LogP contribution >= 0.6 is 0 Å². The number of nitrogens with zero attached hydrogens (tertiary/aromatic N) is 3. The van der Waals surface area contributed by atoms with Gasteiger partial charge in [0.2, 0.25) is 15.9 Å². The summed E-state index contributed by atoms with van der Waals surface area (Å²) < 4.78 is 80.9. The molecule has 0 saturated heterocycles. The molecule has 45 heavy (non-hydrogen) atoms. The van der Waals surface area contributed by atoms with Gasteiger partial charge >= 0.3 is 6.18 Å². The molecule has 1 fully saturated rings. The molecule has 0 spiro atoms. The van der Waals surface area contributed by atoms with Crippen molar-refractivity contribution in [3.63, 3.8) is 0 Å². The largest absolute Gasteiger partial charge is 0.497 e. The third kappa shape index (κ3) is 7.07. The standard InChI is InChI=1S/C29H26F3N5O7S/c1-17-26(27(38)33-16-18-4-3-5-19(14-18)29(30,31)32)34-36(21-8-11-23(43-2)12-9-21)28(17)44-24-13-10-22(37(39)40)15-25(24)45(41,42)35-20-6-7-20/h3-5,8-15,20,35H,6-7,16H2,1-2H3,(H,33,38). The van der Waals surface area contributed by atoms with Gasteiger partial charge in [-0.2, -0.15) is 23.0 Å². The van der Waals surface area contributed by atoms with Gasteiger partial charge < -0.3 is 14.8 Å². The lowest BCUT2D eigenvalue weighted by Crippen LogP contribution is -2.26. The predicted molar refractivity (Wildman–Crippen MR) is 154 cm³/mol. The van der Waals surface area contributed by atoms with Crippen molar-refractivity contribution in [2.75, 3.05) is 7.11 Å². The van der Waals surface area contributed by atoms with Gasteiger partial charge in [-0.3, -0.25) is 14.9 Å². The highest BCUT2D eigenvalue weighted by atomic mass is 32.2. The van der Waals surface area contributed by atoms with Crippen molar-refractivity contribution < 1.29 is 40.8 Å². The number of alkyl halides is 3. The zero-order valence-corrected chi connectivity index (χ0v) is 24.6. The predicted octanol–water partition coefficient (Wildman–Crippen LogP) is 5.28. The molecule has 12 nitrogen and oxygen atoms in total. The summed E-state index contributed by atoms with van der Waals surface area (Å²) in [7, 11) is -2.78. The Labute approximate surface area is 255 Å². The molecular weight excluding hydrogens is 619 g/mol. The Hall–Kier alpha value is -4.96. The third-order valence-electron chi connectivity index (χ3n) is 6.84. The van der Waals surface area contributed by atoms with Crippen molar-refractivity contribution in [3.8, 4) is 23.1 Å². The van der Waals surface area contributed by atoms with Crippen molar-refractivity contribution in [1.82, 2.24) is 19.8 Å². The molecule has 3 aromatic carbocycles. The van der Waals surface area contributed by atoms with Gasteiger partial charge in [-0.25, -0.2) is 13.1 Å². The van der Waals surface area contributed by atoms with Crippen LogP contribution in [0.3, 0.4) is 0 Å². The van der Waals surface area contributed by atoms with E-state index in [-0.39, 0.29) is 41.0 Å². The maximum atomic E-state index is 13.3. The maximum Gasteiger partial charge on any atom is 0.416 e. The fourth-order valence-corrected chi connectivity index (χ4v) is 5.78. The van der Waals surface area contributed by atoms with E-state index in [1.165, 1.54) is 30.8 Å². The second kappa shape index (κ2) is 12.2. The Morgan fingerprint density at radius 2 is 1.82 bits per heavy atom. The van der Waals surface area contributed by atoms with Gasteiger partial charge in [0.1, 0.15) is 16.4 Å². The molecule has 0 aliphatic heterocycles. The van der Waals surface area contributed by atoms with Crippen molar-refractivity contribution in [1.29, 1.82) is 0 Å². The summed E-state index contributed by atoms with van der Waals surface area (Å²) >= 11 is 0. The molecule has 1 amide bonds. The minimum atomic E-state index is -4.56. The number of amides is 1. The number of non-ortho nitro benzene ring substituents is 1. The quantitative estimate of drug-likeness (QED) is 0.165. The first kappa shape index (κ1) is 31.5. The molecule has 4 aromatic rings. The van der Waals surface area contributed by atoms with Gasteiger partial charge in [-0.1, -0.05) is 12.1 Å². The van der Waals surface area contributed by atoms with E-state index in [2.05, 4.69) is 15.1 Å². The molecular formula is C29H26F3N5O7S. The van der Waals surface area contributed by atoms with Crippen molar-refractivity contribution in [2.45, 2.75) is 43.4 Å². The normalized spacial score (nSPS) is 13.4. The van der Waals surface area contributed by atoms with Crippen molar-refractivity contribution in [3.05, 3.63) is 99.2 Å². The van der Waals surface area contributed by atoms with Crippen LogP contribution in [0.1, 0.15) is 40.0 Å². The Kier molecular flexibility index (Phi) is 8.53. The zero-order chi connectivity index (χ0) is 32.5. The number of hydrogen-bond donors (Lipinski definition) is 2. The van der Waals surface area contributed by atoms with Crippen LogP contribution in [0.2, 0.25) is 0 Å². The molecule has 1 heterocycles. The fraction of sp³-hybridized carbons (Fsp3) is 0.241. The monoisotopic (exact) mass is 645 g/mol. The van der Waals surface area contributed by atoms with Crippen LogP contribution in [-0.4, -0.2) is 42.2 Å². The first-order valence-corrected chi connectivity index (χ1v) is 14.9. The second-order valence-corrected chi connectivity index (χ2v) is 11.8. The number of nitro benzene ring substituents is 1. The van der Waals surface area contributed by atoms with Crippen LogP contribution in [0.5, 0.6) is 17.4 Å². The fourth-order valence-electron chi connectivity index (χ4n) is 4.33. The molecule has 1 aliphatic rings. The molecule has 0 radical (unpaired) electrons. The molecule has 16 heteroatoms. The summed E-state index contributed by atoms with van der Waals surface area (Å²) in [6.07, 6.45) is -3.32. The van der Waals surface area contributed by atoms with E-state index in [1.54, 1.807) is 24.3 Å². The number of rotatable bonds is 11. The van der Waals surface area contributed by atoms with Gasteiger partial charge in [0.25, 0.3) is 11.6 Å². The van der Waals surface area contributed by atoms with Crippen LogP contribution in [0.4, 0.5) is 18.9 Å². The number of carbonyl (C=O) groups is 1. The van der Waals surface area contributed by atoms with Crippen LogP contribution in [0.25, 0.3) is 5.69 Å². The molecule has 1 saturated carbocycles. The lowest BCUT2D eigenvalue weighted by molar-refractivity contribution is -0.385. The van der Waals surface area contributed by atoms with Gasteiger partial charge in [0.15, 0.2) is 5.69 Å². The van der Waals surface area contributed by atoms with E-state index in [0.29, 0.717) is 24.3 Å². The number of sulfonamides is 1. The minimum Gasteiger partial charge on any atom is -0.497 e. The molecule has 0 unspecified atom stereocenters. The van der Waals surface area contributed by atoms with E-state index in [9.17, 15) is 36.5 Å². The number of hydrogen-bond acceptors (Lipinski definition) is 8. The van der Waals surface area contributed by atoms with E-state index < -0.39 is 43.2 Å². The van der Waals surface area contributed by atoms with Gasteiger partial charge in [-0.15, -0.1) is 0 Å². The number of nitrogens with one attached hydrogen (secondary N) is 2. The average molecular weight is 646 g/mol. The number of nitro groups is 1. The van der Waals surface area contributed by atoms with E-state index in [4.69, 9.17) is 9.47 Å². The summed E-state index contributed by atoms with van der Waals surface area (Å²) in [5.74, 6) is -0.573. The van der Waals surface area contributed by atoms with Crippen LogP contribution in [0, 0.1) is 17.0 Å². The molecule has 236 valence electrons. The summed E-state index contributed by atoms with van der Waals surface area (Å²) in [6.45, 7) is 1.24.